The molecule has 1 aromatic heterocycles. The first-order valence-corrected chi connectivity index (χ1v) is 4.39. The smallest absolute Gasteiger partial charge is 0.240 e. The van der Waals surface area contributed by atoms with E-state index in [4.69, 9.17) is 10.5 Å². The first kappa shape index (κ1) is 9.39. The van der Waals surface area contributed by atoms with Gasteiger partial charge in [-0.3, -0.25) is 0 Å². The molecule has 2 N–H and O–H groups in total. The molecule has 0 bridgehead atoms. The first-order valence-electron chi connectivity index (χ1n) is 4.39. The van der Waals surface area contributed by atoms with Crippen LogP contribution in [-0.4, -0.2) is 22.3 Å². The monoisotopic (exact) mass is 202 g/mol. The van der Waals surface area contributed by atoms with Crippen LogP contribution in [0.25, 0.3) is 11.3 Å². The number of nitrogen functional groups attached to an aromatic ring is 1. The molecular weight excluding hydrogens is 192 g/mol. The Balaban J connectivity index is 2.44. The maximum Gasteiger partial charge on any atom is 0.240 e. The van der Waals surface area contributed by atoms with E-state index in [1.54, 1.807) is 13.3 Å². The Morgan fingerprint density at radius 2 is 2.20 bits per heavy atom. The molecule has 2 rings (SSSR count). The van der Waals surface area contributed by atoms with Crippen LogP contribution in [0.5, 0.6) is 5.75 Å². The third kappa shape index (κ3) is 2.01. The molecule has 0 saturated heterocycles. The van der Waals surface area contributed by atoms with E-state index in [0.717, 1.165) is 11.3 Å². The molecule has 0 unspecified atom stereocenters. The number of rotatable bonds is 2. The van der Waals surface area contributed by atoms with Gasteiger partial charge >= 0.3 is 0 Å². The van der Waals surface area contributed by atoms with Crippen molar-refractivity contribution < 1.29 is 4.74 Å². The molecule has 0 aliphatic rings. The maximum atomic E-state index is 5.45. The van der Waals surface area contributed by atoms with E-state index in [-0.39, 0.29) is 5.95 Å². The molecule has 0 fully saturated rings. The zero-order chi connectivity index (χ0) is 10.7. The molecule has 0 amide bonds. The molecule has 0 aliphatic heterocycles. The van der Waals surface area contributed by atoms with E-state index in [9.17, 15) is 0 Å². The quantitative estimate of drug-likeness (QED) is 0.790. The van der Waals surface area contributed by atoms with Gasteiger partial charge in [-0.05, 0) is 12.1 Å². The normalized spacial score (nSPS) is 9.93. The van der Waals surface area contributed by atoms with Crippen LogP contribution >= 0.6 is 0 Å². The van der Waals surface area contributed by atoms with Gasteiger partial charge in [-0.1, -0.05) is 12.1 Å². The Bertz CT molecular complexity index is 472. The van der Waals surface area contributed by atoms with Crippen LogP contribution in [0.3, 0.4) is 0 Å². The summed E-state index contributed by atoms with van der Waals surface area (Å²) in [4.78, 5) is 4.07. The number of nitrogens with zero attached hydrogens (tertiary/aromatic N) is 3. The van der Waals surface area contributed by atoms with Gasteiger partial charge in [0.05, 0.1) is 19.0 Å². The lowest BCUT2D eigenvalue weighted by atomic mass is 10.1. The highest BCUT2D eigenvalue weighted by Gasteiger charge is 2.02. The summed E-state index contributed by atoms with van der Waals surface area (Å²) in [6, 6.07) is 7.52. The summed E-state index contributed by atoms with van der Waals surface area (Å²) in [5.41, 5.74) is 7.03. The van der Waals surface area contributed by atoms with Crippen molar-refractivity contribution in [2.75, 3.05) is 12.8 Å². The third-order valence-corrected chi connectivity index (χ3v) is 1.94. The number of methoxy groups -OCH3 is 1. The van der Waals surface area contributed by atoms with Crippen molar-refractivity contribution in [3.63, 3.8) is 0 Å². The molecule has 5 heteroatoms. The lowest BCUT2D eigenvalue weighted by Crippen LogP contribution is -1.98. The van der Waals surface area contributed by atoms with Gasteiger partial charge in [0.25, 0.3) is 0 Å². The number of benzene rings is 1. The zero-order valence-electron chi connectivity index (χ0n) is 8.21. The second-order valence-electron chi connectivity index (χ2n) is 2.93. The standard InChI is InChI=1S/C10H10N4O/c1-15-8-4-2-3-7(5-8)9-6-12-14-10(11)13-9/h2-6H,1H3,(H2,11,13,14). The highest BCUT2D eigenvalue weighted by atomic mass is 16.5. The largest absolute Gasteiger partial charge is 0.497 e. The summed E-state index contributed by atoms with van der Waals surface area (Å²) >= 11 is 0. The van der Waals surface area contributed by atoms with Gasteiger partial charge in [-0.15, -0.1) is 5.10 Å². The van der Waals surface area contributed by atoms with Crippen molar-refractivity contribution in [1.29, 1.82) is 0 Å². The van der Waals surface area contributed by atoms with Gasteiger partial charge in [0.15, 0.2) is 0 Å². The molecule has 1 aromatic carbocycles. The second-order valence-corrected chi connectivity index (χ2v) is 2.93. The Hall–Kier alpha value is -2.17. The molecule has 5 nitrogen and oxygen atoms in total. The Morgan fingerprint density at radius 3 is 2.93 bits per heavy atom. The van der Waals surface area contributed by atoms with Gasteiger partial charge < -0.3 is 10.5 Å². The van der Waals surface area contributed by atoms with E-state index in [0.29, 0.717) is 5.69 Å². The van der Waals surface area contributed by atoms with Gasteiger partial charge in [-0.2, -0.15) is 5.10 Å². The minimum atomic E-state index is 0.162. The molecule has 76 valence electrons. The summed E-state index contributed by atoms with van der Waals surface area (Å²) in [6.07, 6.45) is 1.56. The molecule has 0 spiro atoms. The fraction of sp³-hybridized carbons (Fsp3) is 0.100. The van der Waals surface area contributed by atoms with Crippen molar-refractivity contribution in [2.24, 2.45) is 0 Å². The van der Waals surface area contributed by atoms with Crippen LogP contribution in [0.1, 0.15) is 0 Å². The summed E-state index contributed by atoms with van der Waals surface area (Å²) in [6.45, 7) is 0. The highest BCUT2D eigenvalue weighted by Crippen LogP contribution is 2.21. The molecule has 0 saturated carbocycles. The van der Waals surface area contributed by atoms with Crippen LogP contribution in [0, 0.1) is 0 Å². The summed E-state index contributed by atoms with van der Waals surface area (Å²) in [5, 5.41) is 7.33. The fourth-order valence-electron chi connectivity index (χ4n) is 1.24. The number of anilines is 1. The number of aromatic nitrogens is 3. The Morgan fingerprint density at radius 1 is 1.33 bits per heavy atom. The minimum Gasteiger partial charge on any atom is -0.497 e. The van der Waals surface area contributed by atoms with Gasteiger partial charge in [0.1, 0.15) is 5.75 Å². The molecule has 0 atom stereocenters. The van der Waals surface area contributed by atoms with Gasteiger partial charge in [0, 0.05) is 5.56 Å². The molecule has 2 aromatic rings. The molecular formula is C10H10N4O. The molecule has 0 radical (unpaired) electrons. The average Bonchev–Trinajstić information content (AvgIpc) is 2.29. The third-order valence-electron chi connectivity index (χ3n) is 1.94. The van der Waals surface area contributed by atoms with E-state index in [1.165, 1.54) is 0 Å². The fourth-order valence-corrected chi connectivity index (χ4v) is 1.24. The van der Waals surface area contributed by atoms with Crippen LogP contribution < -0.4 is 10.5 Å². The van der Waals surface area contributed by atoms with Crippen molar-refractivity contribution in [1.82, 2.24) is 15.2 Å². The van der Waals surface area contributed by atoms with Gasteiger partial charge in [0.2, 0.25) is 5.95 Å². The van der Waals surface area contributed by atoms with Crippen molar-refractivity contribution in [3.8, 4) is 17.0 Å². The summed E-state index contributed by atoms with van der Waals surface area (Å²) in [5.74, 6) is 0.931. The van der Waals surface area contributed by atoms with E-state index < -0.39 is 0 Å². The second kappa shape index (κ2) is 3.91. The Labute approximate surface area is 86.9 Å². The molecule has 0 aliphatic carbocycles. The number of ether oxygens (including phenoxy) is 1. The van der Waals surface area contributed by atoms with Crippen LogP contribution in [0.2, 0.25) is 0 Å². The topological polar surface area (TPSA) is 73.9 Å². The van der Waals surface area contributed by atoms with Crippen LogP contribution in [0.4, 0.5) is 5.95 Å². The van der Waals surface area contributed by atoms with Crippen LogP contribution in [0.15, 0.2) is 30.5 Å². The van der Waals surface area contributed by atoms with E-state index in [1.807, 2.05) is 24.3 Å². The predicted octanol–water partition coefficient (Wildman–Crippen LogP) is 1.13. The number of hydrogen-bond donors (Lipinski definition) is 1. The lowest BCUT2D eigenvalue weighted by molar-refractivity contribution is 0.415. The molecule has 1 heterocycles. The SMILES string of the molecule is COc1cccc(-c2cnnc(N)n2)c1. The van der Waals surface area contributed by atoms with Crippen LogP contribution in [-0.2, 0) is 0 Å². The number of nitrogens with two attached hydrogens (primary N) is 1. The first-order chi connectivity index (χ1) is 7.29. The predicted molar refractivity (Wildman–Crippen MR) is 56.2 cm³/mol. The summed E-state index contributed by atoms with van der Waals surface area (Å²) < 4.78 is 5.11. The maximum absolute atomic E-state index is 5.45. The minimum absolute atomic E-state index is 0.162. The zero-order valence-corrected chi connectivity index (χ0v) is 8.21. The summed E-state index contributed by atoms with van der Waals surface area (Å²) in [7, 11) is 1.62. The average molecular weight is 202 g/mol. The Kier molecular flexibility index (Phi) is 2.45. The molecule has 15 heavy (non-hydrogen) atoms. The number of hydrogen-bond acceptors (Lipinski definition) is 5. The van der Waals surface area contributed by atoms with Crippen molar-refractivity contribution in [2.45, 2.75) is 0 Å². The van der Waals surface area contributed by atoms with E-state index >= 15 is 0 Å². The van der Waals surface area contributed by atoms with Gasteiger partial charge in [-0.25, -0.2) is 4.98 Å². The van der Waals surface area contributed by atoms with Crippen molar-refractivity contribution >= 4 is 5.95 Å². The van der Waals surface area contributed by atoms with Crippen molar-refractivity contribution in [3.05, 3.63) is 30.5 Å². The van der Waals surface area contributed by atoms with E-state index in [2.05, 4.69) is 15.2 Å². The lowest BCUT2D eigenvalue weighted by Gasteiger charge is -2.03. The highest BCUT2D eigenvalue weighted by molar-refractivity contribution is 5.60.